The normalized spacial score (nSPS) is 10.7. The van der Waals surface area contributed by atoms with Gasteiger partial charge in [0.2, 0.25) is 0 Å². The number of carbonyl (C=O) groups excluding carboxylic acids is 1. The van der Waals surface area contributed by atoms with Gasteiger partial charge < -0.3 is 16.0 Å². The molecule has 2 aromatic carbocycles. The fraction of sp³-hybridized carbons (Fsp3) is 0.0952. The lowest BCUT2D eigenvalue weighted by Crippen LogP contribution is -2.32. The molecule has 0 saturated heterocycles. The average Bonchev–Trinajstić information content (AvgIpc) is 2.72. The molecule has 0 spiro atoms. The fourth-order valence-corrected chi connectivity index (χ4v) is 2.98. The highest BCUT2D eigenvalue weighted by Crippen LogP contribution is 2.26. The van der Waals surface area contributed by atoms with E-state index in [0.29, 0.717) is 13.1 Å². The number of hydrogen-bond donors (Lipinski definition) is 3. The molecule has 0 bridgehead atoms. The van der Waals surface area contributed by atoms with E-state index in [1.807, 2.05) is 60.7 Å². The number of nitrogens with zero attached hydrogens (tertiary/aromatic N) is 2. The predicted molar refractivity (Wildman–Crippen MR) is 109 cm³/mol. The highest BCUT2D eigenvalue weighted by Gasteiger charge is 2.06. The van der Waals surface area contributed by atoms with Crippen molar-refractivity contribution in [3.05, 3.63) is 73.1 Å². The van der Waals surface area contributed by atoms with Crippen molar-refractivity contribution >= 4 is 39.2 Å². The van der Waals surface area contributed by atoms with E-state index in [1.54, 1.807) is 12.4 Å². The molecule has 0 aliphatic rings. The van der Waals surface area contributed by atoms with Gasteiger partial charge in [-0.1, -0.05) is 30.3 Å². The monoisotopic (exact) mass is 357 g/mol. The predicted octanol–water partition coefficient (Wildman–Crippen LogP) is 4.02. The molecule has 0 saturated carbocycles. The van der Waals surface area contributed by atoms with E-state index in [0.717, 1.165) is 33.2 Å². The van der Waals surface area contributed by atoms with Gasteiger partial charge in [-0.3, -0.25) is 9.97 Å². The molecule has 2 amide bonds. The number of benzene rings is 2. The van der Waals surface area contributed by atoms with Crippen LogP contribution in [0, 0.1) is 0 Å². The van der Waals surface area contributed by atoms with Gasteiger partial charge in [0.05, 0.1) is 11.0 Å². The summed E-state index contributed by atoms with van der Waals surface area (Å²) in [4.78, 5) is 20.9. The number of carbonyl (C=O) groups is 1. The van der Waals surface area contributed by atoms with Crippen molar-refractivity contribution in [2.45, 2.75) is 0 Å². The average molecular weight is 357 g/mol. The van der Waals surface area contributed by atoms with Crippen molar-refractivity contribution < 1.29 is 4.79 Å². The fourth-order valence-electron chi connectivity index (χ4n) is 2.98. The summed E-state index contributed by atoms with van der Waals surface area (Å²) in [6.07, 6.45) is 3.55. The van der Waals surface area contributed by atoms with Gasteiger partial charge in [-0.15, -0.1) is 0 Å². The number of para-hydroxylation sites is 1. The third-order valence-corrected chi connectivity index (χ3v) is 4.24. The Morgan fingerprint density at radius 1 is 0.815 bits per heavy atom. The summed E-state index contributed by atoms with van der Waals surface area (Å²) in [6.45, 7) is 1.09. The molecule has 0 fully saturated rings. The van der Waals surface area contributed by atoms with E-state index in [-0.39, 0.29) is 6.03 Å². The first kappa shape index (κ1) is 16.8. The van der Waals surface area contributed by atoms with E-state index in [1.165, 1.54) is 0 Å². The van der Waals surface area contributed by atoms with Gasteiger partial charge in [0.1, 0.15) is 0 Å². The first-order chi connectivity index (χ1) is 13.3. The smallest absolute Gasteiger partial charge is 0.319 e. The van der Waals surface area contributed by atoms with Crippen molar-refractivity contribution in [2.24, 2.45) is 0 Å². The maximum Gasteiger partial charge on any atom is 0.319 e. The number of pyridine rings is 2. The number of anilines is 2. The maximum absolute atomic E-state index is 11.9. The van der Waals surface area contributed by atoms with Crippen LogP contribution >= 0.6 is 0 Å². The molecule has 2 aromatic heterocycles. The first-order valence-electron chi connectivity index (χ1n) is 8.77. The van der Waals surface area contributed by atoms with Crippen molar-refractivity contribution in [2.75, 3.05) is 23.7 Å². The second-order valence-corrected chi connectivity index (χ2v) is 6.07. The van der Waals surface area contributed by atoms with Crippen molar-refractivity contribution in [3.8, 4) is 0 Å². The van der Waals surface area contributed by atoms with Crippen LogP contribution in [-0.2, 0) is 0 Å². The van der Waals surface area contributed by atoms with Crippen LogP contribution in [0.25, 0.3) is 21.8 Å². The molecule has 2 heterocycles. The SMILES string of the molecule is O=C(NCCNc1ccnc2c1ccc1cccnc12)Nc1ccccc1. The van der Waals surface area contributed by atoms with Gasteiger partial charge >= 0.3 is 6.03 Å². The van der Waals surface area contributed by atoms with Crippen LogP contribution in [-0.4, -0.2) is 29.1 Å². The Hall–Kier alpha value is -3.67. The van der Waals surface area contributed by atoms with Crippen molar-refractivity contribution in [1.82, 2.24) is 15.3 Å². The summed E-state index contributed by atoms with van der Waals surface area (Å²) in [5, 5.41) is 11.1. The van der Waals surface area contributed by atoms with Crippen LogP contribution in [0.15, 0.2) is 73.1 Å². The molecule has 0 aliphatic carbocycles. The Balaban J connectivity index is 1.39. The Morgan fingerprint density at radius 2 is 1.67 bits per heavy atom. The first-order valence-corrected chi connectivity index (χ1v) is 8.77. The number of amides is 2. The zero-order valence-corrected chi connectivity index (χ0v) is 14.6. The molecule has 4 aromatic rings. The van der Waals surface area contributed by atoms with E-state index in [2.05, 4.69) is 25.9 Å². The lowest BCUT2D eigenvalue weighted by molar-refractivity contribution is 0.252. The Bertz CT molecular complexity index is 1080. The number of urea groups is 1. The standard InChI is InChI=1S/C21H19N5O/c27-21(26-16-6-2-1-3-7-16)25-14-13-22-18-10-12-24-20-17(18)9-8-15-5-4-11-23-19(15)20/h1-12H,13-14H2,(H,22,24)(H2,25,26,27). The summed E-state index contributed by atoms with van der Waals surface area (Å²) in [5.74, 6) is 0. The molecule has 0 aliphatic heterocycles. The molecule has 6 nitrogen and oxygen atoms in total. The quantitative estimate of drug-likeness (QED) is 0.372. The van der Waals surface area contributed by atoms with Crippen LogP contribution in [0.2, 0.25) is 0 Å². The van der Waals surface area contributed by atoms with Crippen LogP contribution in [0.1, 0.15) is 0 Å². The molecule has 27 heavy (non-hydrogen) atoms. The minimum atomic E-state index is -0.224. The molecule has 6 heteroatoms. The molecule has 0 unspecified atom stereocenters. The topological polar surface area (TPSA) is 78.9 Å². The maximum atomic E-state index is 11.9. The molecule has 3 N–H and O–H groups in total. The minimum absolute atomic E-state index is 0.224. The van der Waals surface area contributed by atoms with Gasteiger partial charge in [-0.2, -0.15) is 0 Å². The van der Waals surface area contributed by atoms with Gasteiger partial charge in [0.15, 0.2) is 0 Å². The van der Waals surface area contributed by atoms with Crippen molar-refractivity contribution in [1.29, 1.82) is 0 Å². The Labute approximate surface area is 156 Å². The summed E-state index contributed by atoms with van der Waals surface area (Å²) in [7, 11) is 0. The number of rotatable bonds is 5. The van der Waals surface area contributed by atoms with E-state index in [4.69, 9.17) is 0 Å². The third-order valence-electron chi connectivity index (χ3n) is 4.24. The Kier molecular flexibility index (Phi) is 4.78. The second-order valence-electron chi connectivity index (χ2n) is 6.07. The third kappa shape index (κ3) is 3.79. The van der Waals surface area contributed by atoms with Gasteiger partial charge in [-0.25, -0.2) is 4.79 Å². The summed E-state index contributed by atoms with van der Waals surface area (Å²) in [5.41, 5.74) is 3.49. The van der Waals surface area contributed by atoms with Crippen LogP contribution in [0.4, 0.5) is 16.2 Å². The summed E-state index contributed by atoms with van der Waals surface area (Å²) < 4.78 is 0. The number of hydrogen-bond acceptors (Lipinski definition) is 4. The van der Waals surface area contributed by atoms with E-state index < -0.39 is 0 Å². The lowest BCUT2D eigenvalue weighted by Gasteiger charge is -2.11. The molecular formula is C21H19N5O. The van der Waals surface area contributed by atoms with Crippen LogP contribution in [0.3, 0.4) is 0 Å². The summed E-state index contributed by atoms with van der Waals surface area (Å²) >= 11 is 0. The zero-order valence-electron chi connectivity index (χ0n) is 14.6. The number of fused-ring (bicyclic) bond motifs is 3. The highest BCUT2D eigenvalue weighted by atomic mass is 16.2. The highest BCUT2D eigenvalue weighted by molar-refractivity contribution is 6.07. The molecular weight excluding hydrogens is 338 g/mol. The van der Waals surface area contributed by atoms with Crippen molar-refractivity contribution in [3.63, 3.8) is 0 Å². The number of aromatic nitrogens is 2. The second kappa shape index (κ2) is 7.70. The molecule has 0 atom stereocenters. The summed E-state index contributed by atoms with van der Waals surface area (Å²) in [6, 6.07) is 19.1. The van der Waals surface area contributed by atoms with Gasteiger partial charge in [0, 0.05) is 47.6 Å². The molecule has 0 radical (unpaired) electrons. The van der Waals surface area contributed by atoms with Crippen LogP contribution < -0.4 is 16.0 Å². The zero-order chi connectivity index (χ0) is 18.5. The lowest BCUT2D eigenvalue weighted by atomic mass is 10.1. The van der Waals surface area contributed by atoms with Gasteiger partial charge in [-0.05, 0) is 30.3 Å². The van der Waals surface area contributed by atoms with Crippen LogP contribution in [0.5, 0.6) is 0 Å². The van der Waals surface area contributed by atoms with Gasteiger partial charge in [0.25, 0.3) is 0 Å². The molecule has 4 rings (SSSR count). The largest absolute Gasteiger partial charge is 0.383 e. The minimum Gasteiger partial charge on any atom is -0.383 e. The molecule has 134 valence electrons. The number of nitrogens with one attached hydrogen (secondary N) is 3. The van der Waals surface area contributed by atoms with E-state index in [9.17, 15) is 4.79 Å². The Morgan fingerprint density at radius 3 is 2.56 bits per heavy atom. The van der Waals surface area contributed by atoms with E-state index >= 15 is 0 Å².